The van der Waals surface area contributed by atoms with Crippen LogP contribution in [0.2, 0.25) is 0 Å². The molecule has 2 nitrogen and oxygen atoms in total. The van der Waals surface area contributed by atoms with Crippen molar-refractivity contribution in [3.05, 3.63) is 58.7 Å². The van der Waals surface area contributed by atoms with Crippen LogP contribution in [0.4, 0.5) is 11.4 Å². The molecule has 0 fully saturated rings. The average molecular weight is 296 g/mol. The summed E-state index contributed by atoms with van der Waals surface area (Å²) in [4.78, 5) is 0. The first-order valence-electron chi connectivity index (χ1n) is 8.09. The summed E-state index contributed by atoms with van der Waals surface area (Å²) in [6.45, 7) is 11.2. The van der Waals surface area contributed by atoms with Gasteiger partial charge < -0.3 is 11.5 Å². The van der Waals surface area contributed by atoms with Gasteiger partial charge in [0.1, 0.15) is 0 Å². The van der Waals surface area contributed by atoms with Crippen LogP contribution in [0.25, 0.3) is 0 Å². The van der Waals surface area contributed by atoms with Gasteiger partial charge in [0.05, 0.1) is 0 Å². The molecule has 2 aromatic rings. The lowest BCUT2D eigenvalue weighted by molar-refractivity contribution is 0.784. The lowest BCUT2D eigenvalue weighted by atomic mass is 9.81. The molecule has 0 saturated carbocycles. The summed E-state index contributed by atoms with van der Waals surface area (Å²) in [5.74, 6) is 1.24. The molecule has 0 aliphatic carbocycles. The molecule has 0 heterocycles. The van der Waals surface area contributed by atoms with Gasteiger partial charge in [0.2, 0.25) is 0 Å². The van der Waals surface area contributed by atoms with E-state index in [0.717, 1.165) is 11.4 Å². The highest BCUT2D eigenvalue weighted by Crippen LogP contribution is 2.36. The summed E-state index contributed by atoms with van der Waals surface area (Å²) in [6, 6.07) is 12.6. The second-order valence-corrected chi connectivity index (χ2v) is 6.81. The van der Waals surface area contributed by atoms with Crippen LogP contribution in [0.5, 0.6) is 0 Å². The monoisotopic (exact) mass is 296 g/mol. The third kappa shape index (κ3) is 3.27. The van der Waals surface area contributed by atoms with Crippen LogP contribution < -0.4 is 11.5 Å². The quantitative estimate of drug-likeness (QED) is 0.757. The number of hydrogen-bond donors (Lipinski definition) is 2. The number of hydrogen-bond acceptors (Lipinski definition) is 2. The van der Waals surface area contributed by atoms with Crippen LogP contribution in [0, 0.1) is 0 Å². The highest BCUT2D eigenvalue weighted by molar-refractivity contribution is 5.53. The maximum atomic E-state index is 5.99. The Kier molecular flexibility index (Phi) is 4.80. The predicted octanol–water partition coefficient (Wildman–Crippen LogP) is 5.25. The van der Waals surface area contributed by atoms with Gasteiger partial charge in [-0.25, -0.2) is 0 Å². The fourth-order valence-corrected chi connectivity index (χ4v) is 3.14. The van der Waals surface area contributed by atoms with Crippen molar-refractivity contribution < 1.29 is 0 Å². The first kappa shape index (κ1) is 16.4. The minimum atomic E-state index is 0.330. The molecule has 0 atom stereocenters. The smallest absolute Gasteiger partial charge is 0.0317 e. The molecule has 4 N–H and O–H groups in total. The lowest BCUT2D eigenvalue weighted by Gasteiger charge is -2.23. The van der Waals surface area contributed by atoms with Crippen LogP contribution in [0.3, 0.4) is 0 Å². The molecule has 0 aliphatic rings. The lowest BCUT2D eigenvalue weighted by Crippen LogP contribution is -2.07. The van der Waals surface area contributed by atoms with Crippen LogP contribution in [-0.2, 0) is 0 Å². The van der Waals surface area contributed by atoms with E-state index in [9.17, 15) is 0 Å². The van der Waals surface area contributed by atoms with Crippen LogP contribution in [-0.4, -0.2) is 0 Å². The largest absolute Gasteiger partial charge is 0.399 e. The number of benzene rings is 2. The minimum Gasteiger partial charge on any atom is -0.399 e. The summed E-state index contributed by atoms with van der Waals surface area (Å²) in [5, 5.41) is 0. The fraction of sp³-hybridized carbons (Fsp3) is 0.400. The molecular weight excluding hydrogens is 268 g/mol. The van der Waals surface area contributed by atoms with Gasteiger partial charge in [-0.05, 0) is 58.4 Å². The summed E-state index contributed by atoms with van der Waals surface area (Å²) in [6.07, 6.45) is 0. The summed E-state index contributed by atoms with van der Waals surface area (Å²) < 4.78 is 0. The third-order valence-corrected chi connectivity index (χ3v) is 4.40. The van der Waals surface area contributed by atoms with E-state index in [-0.39, 0.29) is 0 Å². The summed E-state index contributed by atoms with van der Waals surface area (Å²) in [5.41, 5.74) is 19.0. The second-order valence-electron chi connectivity index (χ2n) is 6.81. The summed E-state index contributed by atoms with van der Waals surface area (Å²) >= 11 is 0. The van der Waals surface area contributed by atoms with Crippen molar-refractivity contribution in [1.29, 1.82) is 0 Å². The number of rotatable bonds is 4. The topological polar surface area (TPSA) is 52.0 Å². The van der Waals surface area contributed by atoms with Gasteiger partial charge in [-0.1, -0.05) is 46.8 Å². The highest BCUT2D eigenvalue weighted by Gasteiger charge is 2.19. The van der Waals surface area contributed by atoms with Gasteiger partial charge in [-0.2, -0.15) is 0 Å². The Balaban J connectivity index is 2.56. The Labute approximate surface area is 134 Å². The van der Waals surface area contributed by atoms with E-state index in [1.165, 1.54) is 22.3 Å². The first-order chi connectivity index (χ1) is 10.3. The van der Waals surface area contributed by atoms with Crippen LogP contribution >= 0.6 is 0 Å². The van der Waals surface area contributed by atoms with Crippen molar-refractivity contribution in [2.45, 2.75) is 52.4 Å². The van der Waals surface area contributed by atoms with Gasteiger partial charge in [0.15, 0.2) is 0 Å². The van der Waals surface area contributed by atoms with E-state index < -0.39 is 0 Å². The molecule has 2 rings (SSSR count). The number of nitrogens with two attached hydrogens (primary N) is 2. The Morgan fingerprint density at radius 3 is 1.27 bits per heavy atom. The normalized spacial score (nSPS) is 11.6. The molecule has 0 radical (unpaired) electrons. The molecule has 2 aromatic carbocycles. The Hall–Kier alpha value is -1.96. The third-order valence-electron chi connectivity index (χ3n) is 4.40. The van der Waals surface area contributed by atoms with Gasteiger partial charge in [-0.3, -0.25) is 0 Å². The van der Waals surface area contributed by atoms with E-state index in [1.807, 2.05) is 12.1 Å². The molecule has 0 aliphatic heterocycles. The van der Waals surface area contributed by atoms with Gasteiger partial charge in [-0.15, -0.1) is 0 Å². The molecule has 0 bridgehead atoms. The Morgan fingerprint density at radius 1 is 0.591 bits per heavy atom. The Bertz CT molecular complexity index is 599. The highest BCUT2D eigenvalue weighted by atomic mass is 14.5. The van der Waals surface area contributed by atoms with Crippen molar-refractivity contribution >= 4 is 11.4 Å². The molecule has 0 aromatic heterocycles. The van der Waals surface area contributed by atoms with Crippen molar-refractivity contribution in [2.24, 2.45) is 0 Å². The predicted molar refractivity (Wildman–Crippen MR) is 97.4 cm³/mol. The molecule has 22 heavy (non-hydrogen) atoms. The first-order valence-corrected chi connectivity index (χ1v) is 8.09. The second kappa shape index (κ2) is 6.43. The minimum absolute atomic E-state index is 0.330. The van der Waals surface area contributed by atoms with Crippen molar-refractivity contribution in [3.63, 3.8) is 0 Å². The molecule has 0 amide bonds. The van der Waals surface area contributed by atoms with Crippen molar-refractivity contribution in [3.8, 4) is 0 Å². The van der Waals surface area contributed by atoms with Crippen LogP contribution in [0.1, 0.15) is 74.6 Å². The molecule has 2 heteroatoms. The van der Waals surface area contributed by atoms with Crippen molar-refractivity contribution in [1.82, 2.24) is 0 Å². The molecule has 0 spiro atoms. The average Bonchev–Trinajstić information content (AvgIpc) is 2.46. The zero-order valence-electron chi connectivity index (χ0n) is 14.4. The molecule has 118 valence electrons. The molecular formula is C20H28N2. The zero-order valence-corrected chi connectivity index (χ0v) is 14.4. The Morgan fingerprint density at radius 2 is 0.955 bits per heavy atom. The number of nitrogen functional groups attached to an aromatic ring is 2. The van der Waals surface area contributed by atoms with Gasteiger partial charge in [0.25, 0.3) is 0 Å². The standard InChI is InChI=1S/C20H28N2/c1-12(2)19-10-15(21)6-8-17(19)14(5)18-9-7-16(22)11-20(18)13(3)4/h6-14H,21-22H2,1-5H3. The van der Waals surface area contributed by atoms with E-state index in [2.05, 4.69) is 58.9 Å². The van der Waals surface area contributed by atoms with Crippen LogP contribution in [0.15, 0.2) is 36.4 Å². The molecule has 0 unspecified atom stereocenters. The fourth-order valence-electron chi connectivity index (χ4n) is 3.14. The van der Waals surface area contributed by atoms with E-state index in [0.29, 0.717) is 17.8 Å². The van der Waals surface area contributed by atoms with E-state index in [4.69, 9.17) is 11.5 Å². The van der Waals surface area contributed by atoms with Gasteiger partial charge >= 0.3 is 0 Å². The van der Waals surface area contributed by atoms with Gasteiger partial charge in [0, 0.05) is 17.3 Å². The SMILES string of the molecule is CC(C)c1cc(N)ccc1C(C)c1ccc(N)cc1C(C)C. The van der Waals surface area contributed by atoms with E-state index in [1.54, 1.807) is 0 Å². The maximum Gasteiger partial charge on any atom is 0.0317 e. The molecule has 0 saturated heterocycles. The van der Waals surface area contributed by atoms with E-state index >= 15 is 0 Å². The number of anilines is 2. The summed E-state index contributed by atoms with van der Waals surface area (Å²) in [7, 11) is 0. The zero-order chi connectivity index (χ0) is 16.4. The van der Waals surface area contributed by atoms with Crippen molar-refractivity contribution in [2.75, 3.05) is 11.5 Å². The maximum absolute atomic E-state index is 5.99.